The molecule has 2 heterocycles. The highest BCUT2D eigenvalue weighted by molar-refractivity contribution is 5.95. The van der Waals surface area contributed by atoms with Gasteiger partial charge in [-0.25, -0.2) is 4.98 Å². The van der Waals surface area contributed by atoms with Crippen LogP contribution < -0.4 is 0 Å². The highest BCUT2D eigenvalue weighted by Crippen LogP contribution is 2.15. The minimum Gasteiger partial charge on any atom is -0.292 e. The lowest BCUT2D eigenvalue weighted by molar-refractivity contribution is 0.0986. The van der Waals surface area contributed by atoms with Crippen molar-refractivity contribution >= 4 is 5.78 Å². The number of carbonyl (C=O) groups is 1. The van der Waals surface area contributed by atoms with Crippen molar-refractivity contribution in [3.05, 3.63) is 42.2 Å². The number of hydrogen-bond acceptors (Lipinski definition) is 4. The Kier molecular flexibility index (Phi) is 4.39. The standard InChI is InChI=1S/C14H18N4O/c1-3-12(4-2)18-8-5-11(17-18)9-14(19)13-10-15-6-7-16-13/h5-8,10,12H,3-4,9H2,1-2H3. The largest absolute Gasteiger partial charge is 0.292 e. The number of hydrogen-bond donors (Lipinski definition) is 0. The average Bonchev–Trinajstić information content (AvgIpc) is 2.89. The predicted molar refractivity (Wildman–Crippen MR) is 71.9 cm³/mol. The molecule has 0 aliphatic carbocycles. The molecular formula is C14H18N4O. The summed E-state index contributed by atoms with van der Waals surface area (Å²) in [5, 5.41) is 4.47. The molecular weight excluding hydrogens is 240 g/mol. The molecule has 100 valence electrons. The molecule has 0 aromatic carbocycles. The Morgan fingerprint density at radius 3 is 2.74 bits per heavy atom. The summed E-state index contributed by atoms with van der Waals surface area (Å²) in [4.78, 5) is 19.9. The summed E-state index contributed by atoms with van der Waals surface area (Å²) in [6, 6.07) is 2.30. The third-order valence-corrected chi connectivity index (χ3v) is 3.17. The lowest BCUT2D eigenvalue weighted by Gasteiger charge is -2.12. The first kappa shape index (κ1) is 13.4. The lowest BCUT2D eigenvalue weighted by atomic mass is 10.2. The summed E-state index contributed by atoms with van der Waals surface area (Å²) in [5.74, 6) is -0.0529. The van der Waals surface area contributed by atoms with Gasteiger partial charge < -0.3 is 0 Å². The minimum atomic E-state index is -0.0529. The first-order valence-electron chi connectivity index (χ1n) is 6.57. The third kappa shape index (κ3) is 3.24. The maximum Gasteiger partial charge on any atom is 0.188 e. The molecule has 5 nitrogen and oxygen atoms in total. The Labute approximate surface area is 112 Å². The van der Waals surface area contributed by atoms with Gasteiger partial charge in [-0.3, -0.25) is 14.5 Å². The Balaban J connectivity index is 2.06. The van der Waals surface area contributed by atoms with Crippen molar-refractivity contribution in [2.24, 2.45) is 0 Å². The molecule has 0 aliphatic heterocycles. The summed E-state index contributed by atoms with van der Waals surface area (Å²) in [7, 11) is 0. The number of nitrogens with zero attached hydrogens (tertiary/aromatic N) is 4. The molecule has 0 unspecified atom stereocenters. The predicted octanol–water partition coefficient (Wildman–Crippen LogP) is 2.46. The van der Waals surface area contributed by atoms with E-state index < -0.39 is 0 Å². The quantitative estimate of drug-likeness (QED) is 0.747. The molecule has 19 heavy (non-hydrogen) atoms. The van der Waals surface area contributed by atoms with Gasteiger partial charge in [-0.05, 0) is 18.9 Å². The fourth-order valence-corrected chi connectivity index (χ4v) is 2.04. The van der Waals surface area contributed by atoms with Crippen LogP contribution in [0.3, 0.4) is 0 Å². The third-order valence-electron chi connectivity index (χ3n) is 3.17. The minimum absolute atomic E-state index is 0.0529. The van der Waals surface area contributed by atoms with Gasteiger partial charge in [0.1, 0.15) is 5.69 Å². The summed E-state index contributed by atoms with van der Waals surface area (Å²) < 4.78 is 1.94. The molecule has 0 spiro atoms. The van der Waals surface area contributed by atoms with E-state index in [1.807, 2.05) is 16.9 Å². The van der Waals surface area contributed by atoms with E-state index in [4.69, 9.17) is 0 Å². The van der Waals surface area contributed by atoms with Crippen LogP contribution in [0.5, 0.6) is 0 Å². The van der Waals surface area contributed by atoms with Gasteiger partial charge in [-0.2, -0.15) is 5.10 Å². The number of ketones is 1. The van der Waals surface area contributed by atoms with Crippen LogP contribution >= 0.6 is 0 Å². The van der Waals surface area contributed by atoms with Crippen LogP contribution in [0.4, 0.5) is 0 Å². The molecule has 0 aliphatic rings. The van der Waals surface area contributed by atoms with Gasteiger partial charge in [-0.1, -0.05) is 13.8 Å². The van der Waals surface area contributed by atoms with Crippen LogP contribution in [0.2, 0.25) is 0 Å². The zero-order valence-corrected chi connectivity index (χ0v) is 11.3. The number of aromatic nitrogens is 4. The summed E-state index contributed by atoms with van der Waals surface area (Å²) in [6.07, 6.45) is 8.85. The van der Waals surface area contributed by atoms with Crippen LogP contribution in [0.1, 0.15) is 48.9 Å². The number of carbonyl (C=O) groups excluding carboxylic acids is 1. The van der Waals surface area contributed by atoms with Crippen molar-refractivity contribution in [2.45, 2.75) is 39.2 Å². The van der Waals surface area contributed by atoms with Gasteiger partial charge in [0.05, 0.1) is 24.4 Å². The second kappa shape index (κ2) is 6.22. The van der Waals surface area contributed by atoms with Gasteiger partial charge in [0, 0.05) is 18.6 Å². The van der Waals surface area contributed by atoms with E-state index in [2.05, 4.69) is 28.9 Å². The molecule has 0 amide bonds. The van der Waals surface area contributed by atoms with E-state index in [9.17, 15) is 4.79 Å². The van der Waals surface area contributed by atoms with Crippen molar-refractivity contribution in [2.75, 3.05) is 0 Å². The monoisotopic (exact) mass is 258 g/mol. The van der Waals surface area contributed by atoms with E-state index in [0.717, 1.165) is 18.5 Å². The molecule has 0 saturated carbocycles. The molecule has 0 saturated heterocycles. The van der Waals surface area contributed by atoms with E-state index in [-0.39, 0.29) is 12.2 Å². The zero-order chi connectivity index (χ0) is 13.7. The van der Waals surface area contributed by atoms with Crippen molar-refractivity contribution in [3.8, 4) is 0 Å². The van der Waals surface area contributed by atoms with Crippen LogP contribution in [0.15, 0.2) is 30.9 Å². The van der Waals surface area contributed by atoms with E-state index in [0.29, 0.717) is 11.7 Å². The lowest BCUT2D eigenvalue weighted by Crippen LogP contribution is -2.10. The van der Waals surface area contributed by atoms with Gasteiger partial charge in [-0.15, -0.1) is 0 Å². The number of rotatable bonds is 6. The molecule has 2 aromatic rings. The van der Waals surface area contributed by atoms with Gasteiger partial charge in [0.2, 0.25) is 0 Å². The van der Waals surface area contributed by atoms with Crippen LogP contribution in [-0.4, -0.2) is 25.5 Å². The summed E-state index contributed by atoms with van der Waals surface area (Å²) in [6.45, 7) is 4.28. The molecule has 0 atom stereocenters. The van der Waals surface area contributed by atoms with E-state index in [1.54, 1.807) is 6.20 Å². The van der Waals surface area contributed by atoms with Crippen LogP contribution in [0.25, 0.3) is 0 Å². The molecule has 5 heteroatoms. The van der Waals surface area contributed by atoms with E-state index >= 15 is 0 Å². The van der Waals surface area contributed by atoms with Crippen LogP contribution in [-0.2, 0) is 6.42 Å². The fourth-order valence-electron chi connectivity index (χ4n) is 2.04. The van der Waals surface area contributed by atoms with Gasteiger partial charge >= 0.3 is 0 Å². The van der Waals surface area contributed by atoms with Crippen molar-refractivity contribution in [1.29, 1.82) is 0 Å². The van der Waals surface area contributed by atoms with Crippen molar-refractivity contribution in [3.63, 3.8) is 0 Å². The van der Waals surface area contributed by atoms with Gasteiger partial charge in [0.25, 0.3) is 0 Å². The summed E-state index contributed by atoms with van der Waals surface area (Å²) in [5.41, 5.74) is 1.17. The highest BCUT2D eigenvalue weighted by atomic mass is 16.1. The molecule has 0 bridgehead atoms. The smallest absolute Gasteiger partial charge is 0.188 e. The number of Topliss-reactive ketones (excluding diaryl/α,β-unsaturated/α-hetero) is 1. The normalized spacial score (nSPS) is 10.9. The topological polar surface area (TPSA) is 60.7 Å². The van der Waals surface area contributed by atoms with E-state index in [1.165, 1.54) is 12.4 Å². The Hall–Kier alpha value is -2.04. The summed E-state index contributed by atoms with van der Waals surface area (Å²) >= 11 is 0. The average molecular weight is 258 g/mol. The maximum atomic E-state index is 12.0. The van der Waals surface area contributed by atoms with Crippen LogP contribution in [0, 0.1) is 0 Å². The Morgan fingerprint density at radius 2 is 2.11 bits per heavy atom. The molecule has 2 aromatic heterocycles. The van der Waals surface area contributed by atoms with Crippen molar-refractivity contribution in [1.82, 2.24) is 19.7 Å². The molecule has 0 N–H and O–H groups in total. The Bertz CT molecular complexity index is 531. The highest BCUT2D eigenvalue weighted by Gasteiger charge is 2.12. The second-order valence-electron chi connectivity index (χ2n) is 4.45. The van der Waals surface area contributed by atoms with Crippen molar-refractivity contribution < 1.29 is 4.79 Å². The molecule has 0 fully saturated rings. The first-order chi connectivity index (χ1) is 9.24. The zero-order valence-electron chi connectivity index (χ0n) is 11.3. The molecule has 2 rings (SSSR count). The maximum absolute atomic E-state index is 12.0. The van der Waals surface area contributed by atoms with Gasteiger partial charge in [0.15, 0.2) is 5.78 Å². The first-order valence-corrected chi connectivity index (χ1v) is 6.57. The SMILES string of the molecule is CCC(CC)n1ccc(CC(=O)c2cnccn2)n1. The fraction of sp³-hybridized carbons (Fsp3) is 0.429. The Morgan fingerprint density at radius 1 is 1.32 bits per heavy atom. The second-order valence-corrected chi connectivity index (χ2v) is 4.45. The molecule has 0 radical (unpaired) electrons.